The van der Waals surface area contributed by atoms with Gasteiger partial charge in [0.05, 0.1) is 12.4 Å². The molecule has 1 aromatic carbocycles. The maximum absolute atomic E-state index is 11.5. The highest BCUT2D eigenvalue weighted by Crippen LogP contribution is 2.42. The van der Waals surface area contributed by atoms with Crippen molar-refractivity contribution in [3.63, 3.8) is 0 Å². The van der Waals surface area contributed by atoms with Crippen LogP contribution in [0, 0.1) is 0 Å². The second-order valence-corrected chi connectivity index (χ2v) is 6.54. The highest BCUT2D eigenvalue weighted by atomic mass is 31.2. The van der Waals surface area contributed by atoms with Gasteiger partial charge in [-0.25, -0.2) is 0 Å². The van der Waals surface area contributed by atoms with E-state index < -0.39 is 7.60 Å². The Morgan fingerprint density at radius 1 is 1.11 bits per heavy atom. The van der Waals surface area contributed by atoms with E-state index in [4.69, 9.17) is 4.74 Å². The van der Waals surface area contributed by atoms with Crippen LogP contribution in [0.5, 0.6) is 5.75 Å². The Morgan fingerprint density at radius 3 is 2.00 bits per heavy atom. The van der Waals surface area contributed by atoms with Crippen LogP contribution in [0.3, 0.4) is 0 Å². The molecule has 1 aromatic rings. The largest absolute Gasteiger partial charge is 0.496 e. The van der Waals surface area contributed by atoms with Crippen molar-refractivity contribution in [1.29, 1.82) is 0 Å². The molecule has 0 heterocycles. The minimum Gasteiger partial charge on any atom is -0.496 e. The molecule has 0 bridgehead atoms. The van der Waals surface area contributed by atoms with Crippen molar-refractivity contribution in [3.05, 3.63) is 23.3 Å². The summed E-state index contributed by atoms with van der Waals surface area (Å²) in [7, 11) is -2.74. The lowest BCUT2D eigenvalue weighted by atomic mass is 9.94. The van der Waals surface area contributed by atoms with Gasteiger partial charge in [-0.1, -0.05) is 33.8 Å². The lowest BCUT2D eigenvalue weighted by Crippen LogP contribution is -2.16. The van der Waals surface area contributed by atoms with Crippen molar-refractivity contribution in [3.8, 4) is 5.75 Å². The van der Waals surface area contributed by atoms with Crippen LogP contribution in [0.1, 0.15) is 50.7 Å². The number of hydrogen-bond acceptors (Lipinski definition) is 2. The zero-order chi connectivity index (χ0) is 14.1. The Labute approximate surface area is 108 Å². The summed E-state index contributed by atoms with van der Waals surface area (Å²) in [6.45, 7) is 7.86. The summed E-state index contributed by atoms with van der Waals surface area (Å²) in [4.78, 5) is 18.8. The van der Waals surface area contributed by atoms with Crippen LogP contribution in [0.2, 0.25) is 0 Å². The fourth-order valence-electron chi connectivity index (χ4n) is 2.10. The van der Waals surface area contributed by atoms with E-state index in [1.54, 1.807) is 6.07 Å². The Kier molecular flexibility index (Phi) is 4.60. The molecular formula is C13H21O4P. The van der Waals surface area contributed by atoms with Crippen LogP contribution < -0.4 is 10.0 Å². The highest BCUT2D eigenvalue weighted by molar-refractivity contribution is 7.60. The van der Waals surface area contributed by atoms with Crippen molar-refractivity contribution in [1.82, 2.24) is 0 Å². The summed E-state index contributed by atoms with van der Waals surface area (Å²) in [5.74, 6) is 0.824. The van der Waals surface area contributed by atoms with Gasteiger partial charge in [-0.2, -0.15) is 0 Å². The molecule has 0 atom stereocenters. The van der Waals surface area contributed by atoms with Crippen molar-refractivity contribution >= 4 is 12.9 Å². The number of benzene rings is 1. The van der Waals surface area contributed by atoms with Gasteiger partial charge in [0.2, 0.25) is 0 Å². The average molecular weight is 272 g/mol. The zero-order valence-corrected chi connectivity index (χ0v) is 12.4. The Balaban J connectivity index is 3.64. The van der Waals surface area contributed by atoms with Gasteiger partial charge in [-0.3, -0.25) is 4.57 Å². The van der Waals surface area contributed by atoms with E-state index in [1.807, 2.05) is 27.7 Å². The van der Waals surface area contributed by atoms with Crippen LogP contribution in [0.25, 0.3) is 0 Å². The van der Waals surface area contributed by atoms with E-state index in [-0.39, 0.29) is 17.1 Å². The lowest BCUT2D eigenvalue weighted by Gasteiger charge is -2.22. The SMILES string of the molecule is COc1c(C(C)C)ccc(P(=O)(O)O)c1C(C)C. The maximum Gasteiger partial charge on any atom is 0.356 e. The minimum absolute atomic E-state index is 0.0127. The molecule has 0 aliphatic rings. The van der Waals surface area contributed by atoms with Gasteiger partial charge in [0.1, 0.15) is 5.75 Å². The molecular weight excluding hydrogens is 251 g/mol. The van der Waals surface area contributed by atoms with Gasteiger partial charge < -0.3 is 14.5 Å². The molecule has 0 unspecified atom stereocenters. The normalized spacial score (nSPS) is 12.3. The third kappa shape index (κ3) is 2.94. The fraction of sp³-hybridized carbons (Fsp3) is 0.538. The van der Waals surface area contributed by atoms with Gasteiger partial charge in [0.25, 0.3) is 0 Å². The Hall–Kier alpha value is -0.830. The smallest absolute Gasteiger partial charge is 0.356 e. The lowest BCUT2D eigenvalue weighted by molar-refractivity contribution is 0.383. The Bertz CT molecular complexity index is 474. The first kappa shape index (κ1) is 15.2. The number of ether oxygens (including phenoxy) is 1. The van der Waals surface area contributed by atoms with Crippen LogP contribution in [0.4, 0.5) is 0 Å². The van der Waals surface area contributed by atoms with Crippen molar-refractivity contribution in [2.45, 2.75) is 39.5 Å². The molecule has 2 N–H and O–H groups in total. The molecule has 0 fully saturated rings. The monoisotopic (exact) mass is 272 g/mol. The van der Waals surface area contributed by atoms with Crippen molar-refractivity contribution in [2.24, 2.45) is 0 Å². The van der Waals surface area contributed by atoms with E-state index in [0.29, 0.717) is 11.3 Å². The highest BCUT2D eigenvalue weighted by Gasteiger charge is 2.27. The van der Waals surface area contributed by atoms with Gasteiger partial charge in [-0.15, -0.1) is 0 Å². The predicted molar refractivity (Wildman–Crippen MR) is 72.9 cm³/mol. The molecule has 5 heteroatoms. The van der Waals surface area contributed by atoms with E-state index in [0.717, 1.165) is 5.56 Å². The number of hydrogen-bond donors (Lipinski definition) is 2. The molecule has 0 saturated carbocycles. The van der Waals surface area contributed by atoms with Gasteiger partial charge >= 0.3 is 7.60 Å². The molecule has 0 aliphatic carbocycles. The Morgan fingerprint density at radius 2 is 1.67 bits per heavy atom. The second-order valence-electron chi connectivity index (χ2n) is 4.97. The molecule has 0 aromatic heterocycles. The standard InChI is InChI=1S/C13H21O4P/c1-8(2)10-6-7-11(18(14,15)16)12(9(3)4)13(10)17-5/h6-9H,1-5H3,(H2,14,15,16). The van der Waals surface area contributed by atoms with E-state index in [2.05, 4.69) is 0 Å². The topological polar surface area (TPSA) is 66.8 Å². The third-order valence-corrected chi connectivity index (χ3v) is 3.94. The molecule has 4 nitrogen and oxygen atoms in total. The van der Waals surface area contributed by atoms with Gasteiger partial charge in [0, 0.05) is 5.56 Å². The first-order valence-corrected chi connectivity index (χ1v) is 7.58. The first-order valence-electron chi connectivity index (χ1n) is 5.97. The molecule has 0 spiro atoms. The summed E-state index contributed by atoms with van der Waals surface area (Å²) < 4.78 is 16.9. The van der Waals surface area contributed by atoms with Crippen molar-refractivity contribution < 1.29 is 19.1 Å². The molecule has 1 rings (SSSR count). The summed E-state index contributed by atoms with van der Waals surface area (Å²) >= 11 is 0. The second kappa shape index (κ2) is 5.43. The summed E-state index contributed by atoms with van der Waals surface area (Å²) in [5, 5.41) is 0.0683. The summed E-state index contributed by atoms with van der Waals surface area (Å²) in [5.41, 5.74) is 1.58. The number of methoxy groups -OCH3 is 1. The van der Waals surface area contributed by atoms with Crippen LogP contribution in [0.15, 0.2) is 12.1 Å². The zero-order valence-electron chi connectivity index (χ0n) is 11.5. The molecule has 102 valence electrons. The van der Waals surface area contributed by atoms with Crippen LogP contribution in [-0.2, 0) is 4.57 Å². The maximum atomic E-state index is 11.5. The van der Waals surface area contributed by atoms with Crippen LogP contribution in [-0.4, -0.2) is 16.9 Å². The minimum atomic E-state index is -4.28. The quantitative estimate of drug-likeness (QED) is 0.827. The van der Waals surface area contributed by atoms with Gasteiger partial charge in [-0.05, 0) is 23.5 Å². The average Bonchev–Trinajstić information content (AvgIpc) is 2.25. The van der Waals surface area contributed by atoms with Crippen LogP contribution >= 0.6 is 7.60 Å². The van der Waals surface area contributed by atoms with Crippen molar-refractivity contribution in [2.75, 3.05) is 7.11 Å². The van der Waals surface area contributed by atoms with E-state index >= 15 is 0 Å². The molecule has 0 amide bonds. The fourth-order valence-corrected chi connectivity index (χ4v) is 3.04. The third-order valence-electron chi connectivity index (χ3n) is 2.92. The van der Waals surface area contributed by atoms with E-state index in [1.165, 1.54) is 13.2 Å². The predicted octanol–water partition coefficient (Wildman–Crippen LogP) is 2.75. The summed E-state index contributed by atoms with van der Waals surface area (Å²) in [6, 6.07) is 3.26. The molecule has 0 saturated heterocycles. The molecule has 18 heavy (non-hydrogen) atoms. The summed E-state index contributed by atoms with van der Waals surface area (Å²) in [6.07, 6.45) is 0. The molecule has 0 aliphatic heterocycles. The van der Waals surface area contributed by atoms with E-state index in [9.17, 15) is 14.4 Å². The van der Waals surface area contributed by atoms with Gasteiger partial charge in [0.15, 0.2) is 0 Å². The molecule has 0 radical (unpaired) electrons. The number of rotatable bonds is 4. The first-order chi connectivity index (χ1) is 8.20.